The first-order valence-corrected chi connectivity index (χ1v) is 9.15. The third-order valence-electron chi connectivity index (χ3n) is 5.02. The molecule has 0 radical (unpaired) electrons. The zero-order valence-electron chi connectivity index (χ0n) is 15.5. The molecule has 27 heavy (non-hydrogen) atoms. The fraction of sp³-hybridized carbons (Fsp3) is 0.474. The van der Waals surface area contributed by atoms with E-state index in [0.29, 0.717) is 11.6 Å². The highest BCUT2D eigenvalue weighted by molar-refractivity contribution is 5.96. The Morgan fingerprint density at radius 2 is 1.96 bits per heavy atom. The summed E-state index contributed by atoms with van der Waals surface area (Å²) in [6.45, 7) is 3.69. The molecule has 2 heterocycles. The highest BCUT2D eigenvalue weighted by Gasteiger charge is 2.31. The summed E-state index contributed by atoms with van der Waals surface area (Å²) >= 11 is 0. The fourth-order valence-electron chi connectivity index (χ4n) is 3.71. The predicted octanol–water partition coefficient (Wildman–Crippen LogP) is 3.51. The van der Waals surface area contributed by atoms with E-state index in [2.05, 4.69) is 20.8 Å². The van der Waals surface area contributed by atoms with Crippen LogP contribution in [-0.4, -0.2) is 33.3 Å². The summed E-state index contributed by atoms with van der Waals surface area (Å²) in [7, 11) is 0. The van der Waals surface area contributed by atoms with Gasteiger partial charge in [-0.15, -0.1) is 0 Å². The minimum absolute atomic E-state index is 0.0106. The maximum Gasteiger partial charge on any atom is 0.405 e. The number of carboxylic acid groups (broad SMARTS) is 1. The topological polar surface area (TPSA) is 117 Å². The highest BCUT2D eigenvalue weighted by Crippen LogP contribution is 2.28. The smallest absolute Gasteiger partial charge is 0.405 e. The Hall–Kier alpha value is -2.90. The molecule has 0 aromatic carbocycles. The molecule has 3 N–H and O–H groups in total. The molecule has 1 fully saturated rings. The molecule has 0 aliphatic heterocycles. The molecular formula is C19H24N4O4. The lowest BCUT2D eigenvalue weighted by Crippen LogP contribution is -2.48. The van der Waals surface area contributed by atoms with Gasteiger partial charge in [-0.05, 0) is 44.7 Å². The summed E-state index contributed by atoms with van der Waals surface area (Å²) in [5.74, 6) is 0.718. The van der Waals surface area contributed by atoms with Gasteiger partial charge in [-0.3, -0.25) is 4.79 Å². The molecule has 1 aliphatic carbocycles. The van der Waals surface area contributed by atoms with E-state index in [1.165, 1.54) is 0 Å². The van der Waals surface area contributed by atoms with E-state index in [4.69, 9.17) is 9.63 Å². The molecule has 1 unspecified atom stereocenters. The Morgan fingerprint density at radius 1 is 1.22 bits per heavy atom. The Labute approximate surface area is 157 Å². The van der Waals surface area contributed by atoms with Crippen molar-refractivity contribution in [3.8, 4) is 11.1 Å². The van der Waals surface area contributed by atoms with Crippen molar-refractivity contribution in [1.29, 1.82) is 0 Å². The second-order valence-corrected chi connectivity index (χ2v) is 6.95. The molecule has 1 atom stereocenters. The van der Waals surface area contributed by atoms with Gasteiger partial charge >= 0.3 is 6.09 Å². The Kier molecular flexibility index (Phi) is 5.73. The van der Waals surface area contributed by atoms with Gasteiger partial charge in [0, 0.05) is 17.3 Å². The second kappa shape index (κ2) is 8.20. The van der Waals surface area contributed by atoms with Crippen LogP contribution in [0.5, 0.6) is 0 Å². The van der Waals surface area contributed by atoms with Crippen LogP contribution in [0.4, 0.5) is 10.6 Å². The van der Waals surface area contributed by atoms with Gasteiger partial charge in [0.05, 0.1) is 5.69 Å². The van der Waals surface area contributed by atoms with Gasteiger partial charge in [-0.1, -0.05) is 24.4 Å². The molecule has 0 bridgehead atoms. The van der Waals surface area contributed by atoms with E-state index in [9.17, 15) is 9.59 Å². The van der Waals surface area contributed by atoms with Gasteiger partial charge in [0.15, 0.2) is 0 Å². The van der Waals surface area contributed by atoms with Crippen LogP contribution in [0, 0.1) is 19.8 Å². The number of amides is 2. The largest absolute Gasteiger partial charge is 0.465 e. The Morgan fingerprint density at radius 3 is 2.52 bits per heavy atom. The highest BCUT2D eigenvalue weighted by atomic mass is 16.5. The quantitative estimate of drug-likeness (QED) is 0.739. The van der Waals surface area contributed by atoms with E-state index < -0.39 is 12.1 Å². The number of carbonyl (C=O) groups is 2. The first-order chi connectivity index (χ1) is 13.0. The van der Waals surface area contributed by atoms with Crippen LogP contribution in [0.1, 0.15) is 43.6 Å². The van der Waals surface area contributed by atoms with Crippen molar-refractivity contribution in [2.75, 3.05) is 5.32 Å². The van der Waals surface area contributed by atoms with Gasteiger partial charge in [0.2, 0.25) is 5.91 Å². The van der Waals surface area contributed by atoms with Gasteiger partial charge in [-0.25, -0.2) is 9.78 Å². The molecule has 2 amide bonds. The zero-order chi connectivity index (χ0) is 19.4. The lowest BCUT2D eigenvalue weighted by atomic mass is 9.83. The monoisotopic (exact) mass is 372 g/mol. The van der Waals surface area contributed by atoms with Crippen molar-refractivity contribution >= 4 is 17.8 Å². The van der Waals surface area contributed by atoms with Gasteiger partial charge in [-0.2, -0.15) is 0 Å². The molecule has 2 aromatic rings. The van der Waals surface area contributed by atoms with Crippen LogP contribution in [0.3, 0.4) is 0 Å². The van der Waals surface area contributed by atoms with Gasteiger partial charge in [0.1, 0.15) is 17.6 Å². The van der Waals surface area contributed by atoms with Crippen LogP contribution < -0.4 is 10.6 Å². The number of anilines is 1. The van der Waals surface area contributed by atoms with E-state index >= 15 is 0 Å². The third-order valence-corrected chi connectivity index (χ3v) is 5.02. The first kappa shape index (κ1) is 18.9. The van der Waals surface area contributed by atoms with Crippen molar-refractivity contribution < 1.29 is 19.2 Å². The average Bonchev–Trinajstić information content (AvgIpc) is 2.99. The second-order valence-electron chi connectivity index (χ2n) is 6.95. The molecule has 0 spiro atoms. The SMILES string of the molecule is Cc1noc(C)c1-c1ccc(NC(=O)C(NC(=O)O)C2CCCCC2)nc1. The number of carbonyl (C=O) groups excluding carboxylic acids is 1. The lowest BCUT2D eigenvalue weighted by molar-refractivity contribution is -0.119. The maximum atomic E-state index is 12.7. The van der Waals surface area contributed by atoms with Crippen molar-refractivity contribution in [3.63, 3.8) is 0 Å². The molecular weight excluding hydrogens is 348 g/mol. The molecule has 1 aliphatic rings. The summed E-state index contributed by atoms with van der Waals surface area (Å²) in [6.07, 6.45) is 5.29. The third kappa shape index (κ3) is 4.45. The van der Waals surface area contributed by atoms with Crippen LogP contribution in [0.25, 0.3) is 11.1 Å². The average molecular weight is 372 g/mol. The molecule has 8 heteroatoms. The molecule has 2 aromatic heterocycles. The van der Waals surface area contributed by atoms with Crippen LogP contribution in [0.2, 0.25) is 0 Å². The Balaban J connectivity index is 1.72. The van der Waals surface area contributed by atoms with E-state index in [1.807, 2.05) is 19.9 Å². The molecule has 144 valence electrons. The van der Waals surface area contributed by atoms with E-state index in [-0.39, 0.29) is 11.8 Å². The summed E-state index contributed by atoms with van der Waals surface area (Å²) in [4.78, 5) is 28.1. The summed E-state index contributed by atoms with van der Waals surface area (Å²) in [5.41, 5.74) is 2.50. The summed E-state index contributed by atoms with van der Waals surface area (Å²) in [6, 6.07) is 2.75. The number of nitrogens with zero attached hydrogens (tertiary/aromatic N) is 2. The summed E-state index contributed by atoms with van der Waals surface area (Å²) < 4.78 is 5.17. The first-order valence-electron chi connectivity index (χ1n) is 9.15. The maximum absolute atomic E-state index is 12.7. The number of hydrogen-bond donors (Lipinski definition) is 3. The number of pyridine rings is 1. The van der Waals surface area contributed by atoms with E-state index in [1.54, 1.807) is 12.3 Å². The van der Waals surface area contributed by atoms with E-state index in [0.717, 1.165) is 48.9 Å². The van der Waals surface area contributed by atoms with Gasteiger partial charge < -0.3 is 20.3 Å². The number of nitrogens with one attached hydrogen (secondary N) is 2. The van der Waals surface area contributed by atoms with Crippen LogP contribution in [0.15, 0.2) is 22.9 Å². The fourth-order valence-corrected chi connectivity index (χ4v) is 3.71. The molecule has 8 nitrogen and oxygen atoms in total. The zero-order valence-corrected chi connectivity index (χ0v) is 15.5. The normalized spacial score (nSPS) is 15.9. The Bertz CT molecular complexity index is 790. The summed E-state index contributed by atoms with van der Waals surface area (Å²) in [5, 5.41) is 18.1. The predicted molar refractivity (Wildman–Crippen MR) is 99.4 cm³/mol. The lowest BCUT2D eigenvalue weighted by Gasteiger charge is -2.29. The minimum atomic E-state index is -1.19. The van der Waals surface area contributed by atoms with Crippen LogP contribution >= 0.6 is 0 Å². The number of rotatable bonds is 5. The number of hydrogen-bond acceptors (Lipinski definition) is 5. The van der Waals surface area contributed by atoms with Crippen molar-refractivity contribution in [2.45, 2.75) is 52.0 Å². The minimum Gasteiger partial charge on any atom is -0.465 e. The molecule has 3 rings (SSSR count). The molecule has 0 saturated heterocycles. The molecule has 1 saturated carbocycles. The van der Waals surface area contributed by atoms with Crippen molar-refractivity contribution in [1.82, 2.24) is 15.5 Å². The van der Waals surface area contributed by atoms with Crippen LogP contribution in [-0.2, 0) is 4.79 Å². The van der Waals surface area contributed by atoms with Crippen molar-refractivity contribution in [2.24, 2.45) is 5.92 Å². The number of aromatic nitrogens is 2. The van der Waals surface area contributed by atoms with Crippen molar-refractivity contribution in [3.05, 3.63) is 29.8 Å². The van der Waals surface area contributed by atoms with Gasteiger partial charge in [0.25, 0.3) is 0 Å². The standard InChI is InChI=1S/C19H24N4O4/c1-11-16(12(2)27-23-11)14-8-9-15(20-10-14)21-18(24)17(22-19(25)26)13-6-4-3-5-7-13/h8-10,13,17,22H,3-7H2,1-2H3,(H,25,26)(H,20,21,24). The number of aryl methyl sites for hydroxylation is 2.